The van der Waals surface area contributed by atoms with Crippen LogP contribution in [0.3, 0.4) is 0 Å². The highest BCUT2D eigenvalue weighted by molar-refractivity contribution is 5.73. The van der Waals surface area contributed by atoms with Crippen LogP contribution < -0.4 is 5.32 Å². The van der Waals surface area contributed by atoms with E-state index in [1.807, 2.05) is 13.8 Å². The van der Waals surface area contributed by atoms with Gasteiger partial charge in [-0.05, 0) is 23.6 Å². The van der Waals surface area contributed by atoms with E-state index in [0.717, 1.165) is 12.1 Å². The minimum absolute atomic E-state index is 0.0538. The molecule has 0 aromatic heterocycles. The standard InChI is InChI=1S/C14H18F3NO2/c1-3-9(2)12(13(19)20)18-8-10-4-6-11(7-5-10)14(15,16)17/h4-7,9,12,18H,3,8H2,1-2H3,(H,19,20)/t9-,12-/m0/s1. The molecule has 0 aliphatic carbocycles. The minimum Gasteiger partial charge on any atom is -0.480 e. The maximum Gasteiger partial charge on any atom is 0.416 e. The molecule has 0 spiro atoms. The van der Waals surface area contributed by atoms with Crippen LogP contribution in [0.4, 0.5) is 13.2 Å². The molecule has 0 saturated carbocycles. The van der Waals surface area contributed by atoms with Gasteiger partial charge in [-0.15, -0.1) is 0 Å². The first kappa shape index (κ1) is 16.5. The van der Waals surface area contributed by atoms with E-state index in [1.54, 1.807) is 0 Å². The van der Waals surface area contributed by atoms with Crippen LogP contribution in [0.5, 0.6) is 0 Å². The molecule has 3 nitrogen and oxygen atoms in total. The van der Waals surface area contributed by atoms with Gasteiger partial charge in [0.1, 0.15) is 6.04 Å². The molecule has 1 rings (SSSR count). The summed E-state index contributed by atoms with van der Waals surface area (Å²) in [5.74, 6) is -1.01. The Morgan fingerprint density at radius 3 is 2.25 bits per heavy atom. The van der Waals surface area contributed by atoms with Gasteiger partial charge in [0.05, 0.1) is 5.56 Å². The first-order valence-corrected chi connectivity index (χ1v) is 6.38. The molecule has 6 heteroatoms. The highest BCUT2D eigenvalue weighted by Crippen LogP contribution is 2.29. The predicted molar refractivity (Wildman–Crippen MR) is 69.2 cm³/mol. The first-order chi connectivity index (χ1) is 9.25. The van der Waals surface area contributed by atoms with Crippen molar-refractivity contribution < 1.29 is 23.1 Å². The van der Waals surface area contributed by atoms with Crippen LogP contribution in [0.2, 0.25) is 0 Å². The lowest BCUT2D eigenvalue weighted by Crippen LogP contribution is -2.41. The number of carboxylic acid groups (broad SMARTS) is 1. The lowest BCUT2D eigenvalue weighted by molar-refractivity contribution is -0.141. The SMILES string of the molecule is CC[C@H](C)[C@H](NCc1ccc(C(F)(F)F)cc1)C(=O)O. The van der Waals surface area contributed by atoms with E-state index in [9.17, 15) is 18.0 Å². The molecular weight excluding hydrogens is 271 g/mol. The monoisotopic (exact) mass is 289 g/mol. The summed E-state index contributed by atoms with van der Waals surface area (Å²) in [6, 6.07) is 3.99. The zero-order chi connectivity index (χ0) is 15.3. The summed E-state index contributed by atoms with van der Waals surface area (Å²) in [7, 11) is 0. The number of hydrogen-bond acceptors (Lipinski definition) is 2. The number of halogens is 3. The Labute approximate surface area is 115 Å². The van der Waals surface area contributed by atoms with Gasteiger partial charge in [-0.25, -0.2) is 0 Å². The molecule has 0 fully saturated rings. The van der Waals surface area contributed by atoms with Crippen LogP contribution in [0.25, 0.3) is 0 Å². The predicted octanol–water partition coefficient (Wildman–Crippen LogP) is 3.29. The zero-order valence-corrected chi connectivity index (χ0v) is 11.4. The average Bonchev–Trinajstić information content (AvgIpc) is 2.37. The van der Waals surface area contributed by atoms with Gasteiger partial charge in [-0.3, -0.25) is 4.79 Å². The number of rotatable bonds is 6. The van der Waals surface area contributed by atoms with E-state index in [4.69, 9.17) is 5.11 Å². The zero-order valence-electron chi connectivity index (χ0n) is 11.4. The highest BCUT2D eigenvalue weighted by Gasteiger charge is 2.30. The number of benzene rings is 1. The Bertz CT molecular complexity index is 443. The van der Waals surface area contributed by atoms with Gasteiger partial charge < -0.3 is 10.4 Å². The summed E-state index contributed by atoms with van der Waals surface area (Å²) in [5.41, 5.74) is -0.0921. The van der Waals surface area contributed by atoms with Crippen LogP contribution in [-0.4, -0.2) is 17.1 Å². The van der Waals surface area contributed by atoms with Crippen molar-refractivity contribution in [2.24, 2.45) is 5.92 Å². The highest BCUT2D eigenvalue weighted by atomic mass is 19.4. The molecule has 20 heavy (non-hydrogen) atoms. The molecule has 0 radical (unpaired) electrons. The summed E-state index contributed by atoms with van der Waals surface area (Å²) >= 11 is 0. The van der Waals surface area contributed by atoms with E-state index < -0.39 is 23.8 Å². The van der Waals surface area contributed by atoms with Gasteiger partial charge in [0.2, 0.25) is 0 Å². The maximum atomic E-state index is 12.4. The molecule has 1 aromatic carbocycles. The molecule has 2 atom stereocenters. The Kier molecular flexibility index (Phi) is 5.56. The number of alkyl halides is 3. The Hall–Kier alpha value is -1.56. The number of carbonyl (C=O) groups is 1. The van der Waals surface area contributed by atoms with Crippen molar-refractivity contribution in [1.82, 2.24) is 5.32 Å². The van der Waals surface area contributed by atoms with E-state index in [2.05, 4.69) is 5.32 Å². The lowest BCUT2D eigenvalue weighted by Gasteiger charge is -2.20. The van der Waals surface area contributed by atoms with Crippen molar-refractivity contribution in [2.45, 2.75) is 39.0 Å². The third kappa shape index (κ3) is 4.52. The third-order valence-electron chi connectivity index (χ3n) is 3.29. The molecule has 0 aliphatic heterocycles. The molecule has 0 unspecified atom stereocenters. The van der Waals surface area contributed by atoms with Gasteiger partial charge in [-0.1, -0.05) is 32.4 Å². The summed E-state index contributed by atoms with van der Waals surface area (Å²) in [5, 5.41) is 12.0. The van der Waals surface area contributed by atoms with Crippen LogP contribution in [-0.2, 0) is 17.5 Å². The Morgan fingerprint density at radius 2 is 1.85 bits per heavy atom. The molecule has 112 valence electrons. The van der Waals surface area contributed by atoms with Crippen molar-refractivity contribution >= 4 is 5.97 Å². The minimum atomic E-state index is -4.35. The molecule has 0 saturated heterocycles. The lowest BCUT2D eigenvalue weighted by atomic mass is 9.99. The first-order valence-electron chi connectivity index (χ1n) is 6.38. The van der Waals surface area contributed by atoms with Crippen LogP contribution >= 0.6 is 0 Å². The molecule has 0 aliphatic rings. The quantitative estimate of drug-likeness (QED) is 0.845. The van der Waals surface area contributed by atoms with Crippen LogP contribution in [0.1, 0.15) is 31.4 Å². The van der Waals surface area contributed by atoms with E-state index in [1.165, 1.54) is 12.1 Å². The number of carboxylic acids is 1. The number of aliphatic carboxylic acids is 1. The van der Waals surface area contributed by atoms with Gasteiger partial charge in [0, 0.05) is 6.54 Å². The fraction of sp³-hybridized carbons (Fsp3) is 0.500. The van der Waals surface area contributed by atoms with Crippen LogP contribution in [0, 0.1) is 5.92 Å². The van der Waals surface area contributed by atoms with Crippen molar-refractivity contribution in [3.05, 3.63) is 35.4 Å². The fourth-order valence-electron chi connectivity index (χ4n) is 1.81. The molecule has 0 bridgehead atoms. The summed E-state index contributed by atoms with van der Waals surface area (Å²) < 4.78 is 37.2. The number of hydrogen-bond donors (Lipinski definition) is 2. The second-order valence-corrected chi connectivity index (χ2v) is 4.78. The fourth-order valence-corrected chi connectivity index (χ4v) is 1.81. The van der Waals surface area contributed by atoms with Gasteiger partial charge in [0.15, 0.2) is 0 Å². The summed E-state index contributed by atoms with van der Waals surface area (Å²) in [6.45, 7) is 3.93. The molecule has 2 N–H and O–H groups in total. The summed E-state index contributed by atoms with van der Waals surface area (Å²) in [4.78, 5) is 11.1. The molecule has 0 heterocycles. The van der Waals surface area contributed by atoms with Gasteiger partial charge >= 0.3 is 12.1 Å². The second-order valence-electron chi connectivity index (χ2n) is 4.78. The second kappa shape index (κ2) is 6.74. The van der Waals surface area contributed by atoms with Gasteiger partial charge in [0.25, 0.3) is 0 Å². The molecular formula is C14H18F3NO2. The van der Waals surface area contributed by atoms with Crippen molar-refractivity contribution in [1.29, 1.82) is 0 Å². The van der Waals surface area contributed by atoms with E-state index >= 15 is 0 Å². The van der Waals surface area contributed by atoms with Crippen molar-refractivity contribution in [3.8, 4) is 0 Å². The Balaban J connectivity index is 2.67. The molecule has 1 aromatic rings. The van der Waals surface area contributed by atoms with Crippen LogP contribution in [0.15, 0.2) is 24.3 Å². The smallest absolute Gasteiger partial charge is 0.416 e. The van der Waals surface area contributed by atoms with Crippen molar-refractivity contribution in [2.75, 3.05) is 0 Å². The van der Waals surface area contributed by atoms with Gasteiger partial charge in [-0.2, -0.15) is 13.2 Å². The van der Waals surface area contributed by atoms with E-state index in [-0.39, 0.29) is 12.5 Å². The Morgan fingerprint density at radius 1 is 1.30 bits per heavy atom. The van der Waals surface area contributed by atoms with E-state index in [0.29, 0.717) is 12.0 Å². The maximum absolute atomic E-state index is 12.4. The topological polar surface area (TPSA) is 49.3 Å². The largest absolute Gasteiger partial charge is 0.480 e. The van der Waals surface area contributed by atoms with Crippen molar-refractivity contribution in [3.63, 3.8) is 0 Å². The third-order valence-corrected chi connectivity index (χ3v) is 3.29. The summed E-state index contributed by atoms with van der Waals surface area (Å²) in [6.07, 6.45) is -3.65. The molecule has 0 amide bonds. The normalized spacial score (nSPS) is 14.8. The average molecular weight is 289 g/mol. The number of nitrogens with one attached hydrogen (secondary N) is 1.